The SMILES string of the molecule is c1ccc(-n2c3ccccc3c3ccc4c5ccccc5n(-c5cc(-c6ccc7ccccc7c6)cc(-n6c7ccccc7c7ccc8c9ccccc9n(-c9ccccc9)c8c76)c5)c4c32)cc1. The highest BCUT2D eigenvalue weighted by molar-refractivity contribution is 6.25. The molecule has 4 heterocycles. The van der Waals surface area contributed by atoms with Gasteiger partial charge in [0.1, 0.15) is 0 Å². The van der Waals surface area contributed by atoms with Crippen LogP contribution in [0.1, 0.15) is 0 Å². The van der Waals surface area contributed by atoms with Crippen LogP contribution in [0.3, 0.4) is 0 Å². The van der Waals surface area contributed by atoms with Crippen molar-refractivity contribution < 1.29 is 0 Å². The van der Waals surface area contributed by atoms with Crippen molar-refractivity contribution in [2.24, 2.45) is 0 Å². The first-order valence-electron chi connectivity index (χ1n) is 23.4. The van der Waals surface area contributed by atoms with Crippen molar-refractivity contribution in [3.8, 4) is 33.9 Å². The summed E-state index contributed by atoms with van der Waals surface area (Å²) in [5.74, 6) is 0. The molecule has 4 nitrogen and oxygen atoms in total. The van der Waals surface area contributed by atoms with Gasteiger partial charge in [0.05, 0.1) is 44.1 Å². The number of aromatic nitrogens is 4. The van der Waals surface area contributed by atoms with Crippen LogP contribution >= 0.6 is 0 Å². The molecular weight excluding hydrogens is 825 g/mol. The molecule has 0 spiro atoms. The fraction of sp³-hybridized carbons (Fsp3) is 0. The minimum atomic E-state index is 1.09. The van der Waals surface area contributed by atoms with E-state index in [2.05, 4.69) is 261 Å². The highest BCUT2D eigenvalue weighted by Gasteiger charge is 2.25. The lowest BCUT2D eigenvalue weighted by molar-refractivity contribution is 1.12. The number of rotatable bonds is 5. The normalized spacial score (nSPS) is 12.1. The summed E-state index contributed by atoms with van der Waals surface area (Å²) >= 11 is 0. The lowest BCUT2D eigenvalue weighted by atomic mass is 10.00. The third-order valence-electron chi connectivity index (χ3n) is 14.5. The van der Waals surface area contributed by atoms with Gasteiger partial charge >= 0.3 is 0 Å². The molecule has 0 unspecified atom stereocenters. The minimum absolute atomic E-state index is 1.09. The van der Waals surface area contributed by atoms with E-state index in [-0.39, 0.29) is 0 Å². The summed E-state index contributed by atoms with van der Waals surface area (Å²) < 4.78 is 10.0. The number of fused-ring (bicyclic) bond motifs is 15. The number of hydrogen-bond acceptors (Lipinski definition) is 0. The topological polar surface area (TPSA) is 19.7 Å². The van der Waals surface area contributed by atoms with Gasteiger partial charge in [0.15, 0.2) is 0 Å². The van der Waals surface area contributed by atoms with Crippen molar-refractivity contribution in [2.45, 2.75) is 0 Å². The Kier molecular flexibility index (Phi) is 7.75. The fourth-order valence-corrected chi connectivity index (χ4v) is 11.6. The molecular formula is C64H40N4. The standard InChI is InChI=1S/C64H40N4/c1-3-19-45(20-4-1)65-57-27-13-9-23-49(57)53-33-35-55-51-25-11-15-29-59(51)67(63(55)61(53)65)47-38-44(43-32-31-41-17-7-8-18-42(41)37-43)39-48(40-47)68-60-30-16-12-26-52(60)56-36-34-54-50-24-10-14-28-58(50)66(62(54)64(56)68)46-21-5-2-6-22-46/h1-40H. The Morgan fingerprint density at radius 3 is 0.941 bits per heavy atom. The molecule has 0 N–H and O–H groups in total. The average Bonchev–Trinajstić information content (AvgIpc) is 4.14. The van der Waals surface area contributed by atoms with E-state index in [1.54, 1.807) is 0 Å². The molecule has 15 aromatic rings. The van der Waals surface area contributed by atoms with Crippen molar-refractivity contribution in [3.63, 3.8) is 0 Å². The highest BCUT2D eigenvalue weighted by Crippen LogP contribution is 2.45. The summed E-state index contributed by atoms with van der Waals surface area (Å²) in [6.07, 6.45) is 0. The van der Waals surface area contributed by atoms with Crippen LogP contribution in [0.5, 0.6) is 0 Å². The van der Waals surface area contributed by atoms with Gasteiger partial charge in [0.2, 0.25) is 0 Å². The molecule has 0 saturated carbocycles. The van der Waals surface area contributed by atoms with Crippen LogP contribution in [0.2, 0.25) is 0 Å². The first-order valence-corrected chi connectivity index (χ1v) is 23.4. The fourth-order valence-electron chi connectivity index (χ4n) is 11.6. The lowest BCUT2D eigenvalue weighted by Gasteiger charge is -2.18. The van der Waals surface area contributed by atoms with Crippen LogP contribution in [0.25, 0.3) is 132 Å². The predicted molar refractivity (Wildman–Crippen MR) is 287 cm³/mol. The van der Waals surface area contributed by atoms with Gasteiger partial charge in [-0.3, -0.25) is 0 Å². The molecule has 0 aliphatic carbocycles. The summed E-state index contributed by atoms with van der Waals surface area (Å²) in [5, 5.41) is 12.2. The molecule has 0 atom stereocenters. The Hall–Kier alpha value is -9.12. The zero-order chi connectivity index (χ0) is 44.5. The van der Waals surface area contributed by atoms with Crippen LogP contribution < -0.4 is 0 Å². The van der Waals surface area contributed by atoms with Crippen LogP contribution in [0, 0.1) is 0 Å². The van der Waals surface area contributed by atoms with E-state index in [4.69, 9.17) is 0 Å². The van der Waals surface area contributed by atoms with E-state index in [0.29, 0.717) is 0 Å². The first kappa shape index (κ1) is 37.1. The number of nitrogens with zero attached hydrogens (tertiary/aromatic N) is 4. The maximum Gasteiger partial charge on any atom is 0.0788 e. The Morgan fingerprint density at radius 1 is 0.191 bits per heavy atom. The predicted octanol–water partition coefficient (Wildman–Crippen LogP) is 16.9. The van der Waals surface area contributed by atoms with E-state index in [9.17, 15) is 0 Å². The molecule has 0 aliphatic rings. The molecule has 4 aromatic heterocycles. The summed E-state index contributed by atoms with van der Waals surface area (Å²) in [5.41, 5.74) is 16.2. The van der Waals surface area contributed by atoms with Gasteiger partial charge in [-0.15, -0.1) is 0 Å². The molecule has 4 heteroatoms. The average molecular weight is 865 g/mol. The molecule has 11 aromatic carbocycles. The molecule has 0 radical (unpaired) electrons. The van der Waals surface area contributed by atoms with Gasteiger partial charge in [-0.2, -0.15) is 0 Å². The summed E-state index contributed by atoms with van der Waals surface area (Å²) in [7, 11) is 0. The van der Waals surface area contributed by atoms with E-state index in [1.165, 1.54) is 92.5 Å². The molecule has 0 bridgehead atoms. The zero-order valence-corrected chi connectivity index (χ0v) is 36.9. The Morgan fingerprint density at radius 2 is 0.529 bits per heavy atom. The lowest BCUT2D eigenvalue weighted by Crippen LogP contribution is -2.02. The van der Waals surface area contributed by atoms with Crippen LogP contribution in [-0.2, 0) is 0 Å². The summed E-state index contributed by atoms with van der Waals surface area (Å²) in [6, 6.07) is 89.5. The number of benzene rings is 11. The van der Waals surface area contributed by atoms with E-state index >= 15 is 0 Å². The largest absolute Gasteiger partial charge is 0.307 e. The van der Waals surface area contributed by atoms with Gasteiger partial charge in [-0.25, -0.2) is 0 Å². The number of hydrogen-bond donors (Lipinski definition) is 0. The van der Waals surface area contributed by atoms with Crippen molar-refractivity contribution in [3.05, 3.63) is 243 Å². The van der Waals surface area contributed by atoms with Gasteiger partial charge in [-0.05, 0) is 94.7 Å². The highest BCUT2D eigenvalue weighted by atomic mass is 15.1. The third-order valence-corrected chi connectivity index (χ3v) is 14.5. The second-order valence-electron chi connectivity index (χ2n) is 18.1. The van der Waals surface area contributed by atoms with Crippen molar-refractivity contribution in [2.75, 3.05) is 0 Å². The summed E-state index contributed by atoms with van der Waals surface area (Å²) in [6.45, 7) is 0. The van der Waals surface area contributed by atoms with Gasteiger partial charge in [0, 0.05) is 65.8 Å². The van der Waals surface area contributed by atoms with E-state index in [1.807, 2.05) is 0 Å². The molecule has 0 fully saturated rings. The van der Waals surface area contributed by atoms with Crippen LogP contribution in [0.15, 0.2) is 243 Å². The second-order valence-corrected chi connectivity index (χ2v) is 18.1. The first-order chi connectivity index (χ1) is 33.8. The van der Waals surface area contributed by atoms with Crippen molar-refractivity contribution >= 4 is 98.0 Å². The van der Waals surface area contributed by atoms with Crippen molar-refractivity contribution in [1.82, 2.24) is 18.3 Å². The molecule has 316 valence electrons. The van der Waals surface area contributed by atoms with Gasteiger partial charge in [0.25, 0.3) is 0 Å². The third kappa shape index (κ3) is 5.20. The van der Waals surface area contributed by atoms with Crippen LogP contribution in [0.4, 0.5) is 0 Å². The zero-order valence-electron chi connectivity index (χ0n) is 36.9. The van der Waals surface area contributed by atoms with E-state index in [0.717, 1.165) is 39.3 Å². The number of para-hydroxylation sites is 6. The van der Waals surface area contributed by atoms with Crippen molar-refractivity contribution in [1.29, 1.82) is 0 Å². The van der Waals surface area contributed by atoms with Gasteiger partial charge < -0.3 is 18.3 Å². The molecule has 0 saturated heterocycles. The molecule has 0 amide bonds. The molecule has 15 rings (SSSR count). The summed E-state index contributed by atoms with van der Waals surface area (Å²) in [4.78, 5) is 0. The van der Waals surface area contributed by atoms with E-state index < -0.39 is 0 Å². The molecule has 68 heavy (non-hydrogen) atoms. The van der Waals surface area contributed by atoms with Crippen LogP contribution in [-0.4, -0.2) is 18.3 Å². The Balaban J connectivity index is 1.13. The quantitative estimate of drug-likeness (QED) is 0.164. The second kappa shape index (κ2) is 14.2. The Labute approximate surface area is 391 Å². The molecule has 0 aliphatic heterocycles. The van der Waals surface area contributed by atoms with Gasteiger partial charge in [-0.1, -0.05) is 170 Å². The smallest absolute Gasteiger partial charge is 0.0788 e. The maximum absolute atomic E-state index is 2.55. The Bertz CT molecular complexity index is 4290. The maximum atomic E-state index is 2.55. The minimum Gasteiger partial charge on any atom is -0.307 e. The monoisotopic (exact) mass is 864 g/mol.